The average Bonchev–Trinajstić information content (AvgIpc) is 2.71. The van der Waals surface area contributed by atoms with E-state index in [4.69, 9.17) is 14.2 Å². The number of phenols is 3. The Bertz CT molecular complexity index is 1080. The lowest BCUT2D eigenvalue weighted by molar-refractivity contribution is 0.318. The number of fused-ring (bicyclic) bond motifs is 6. The number of phenolic OH excluding ortho intramolecular Hbond substituents is 3. The highest BCUT2D eigenvalue weighted by atomic mass is 16.5. The summed E-state index contributed by atoms with van der Waals surface area (Å²) < 4.78 is 16.7. The zero-order valence-electron chi connectivity index (χ0n) is 17.2. The van der Waals surface area contributed by atoms with Gasteiger partial charge in [0.15, 0.2) is 34.5 Å². The van der Waals surface area contributed by atoms with E-state index in [-0.39, 0.29) is 17.2 Å². The van der Waals surface area contributed by atoms with Crippen LogP contribution in [0.15, 0.2) is 36.4 Å². The number of hydrogen-bond acceptors (Lipinski definition) is 6. The molecule has 0 spiro atoms. The molecule has 0 atom stereocenters. The van der Waals surface area contributed by atoms with E-state index in [2.05, 4.69) is 0 Å². The molecular weight excluding hydrogens is 384 g/mol. The zero-order chi connectivity index (χ0) is 21.4. The molecule has 0 unspecified atom stereocenters. The van der Waals surface area contributed by atoms with Crippen LogP contribution in [0.2, 0.25) is 0 Å². The molecular formula is C24H24O6. The SMILES string of the molecule is CCOc1cc2c(cc1O)c1cc(OCC)c(O)cc1c1cc(OCC)c(O)cc21. The predicted molar refractivity (Wildman–Crippen MR) is 117 cm³/mol. The van der Waals surface area contributed by atoms with Crippen molar-refractivity contribution in [1.82, 2.24) is 0 Å². The Labute approximate surface area is 173 Å². The Morgan fingerprint density at radius 3 is 0.933 bits per heavy atom. The molecule has 6 heteroatoms. The molecule has 156 valence electrons. The van der Waals surface area contributed by atoms with Crippen molar-refractivity contribution < 1.29 is 29.5 Å². The number of rotatable bonds is 6. The normalized spacial score (nSPS) is 11.3. The maximum Gasteiger partial charge on any atom is 0.161 e. The van der Waals surface area contributed by atoms with Crippen molar-refractivity contribution in [2.45, 2.75) is 20.8 Å². The highest BCUT2D eigenvalue weighted by Crippen LogP contribution is 2.46. The number of benzene rings is 4. The number of hydrogen-bond donors (Lipinski definition) is 3. The lowest BCUT2D eigenvalue weighted by Crippen LogP contribution is -1.95. The van der Waals surface area contributed by atoms with Gasteiger partial charge in [-0.05, 0) is 89.5 Å². The third-order valence-corrected chi connectivity index (χ3v) is 5.07. The van der Waals surface area contributed by atoms with Gasteiger partial charge in [-0.3, -0.25) is 0 Å². The van der Waals surface area contributed by atoms with Crippen LogP contribution in [0.4, 0.5) is 0 Å². The largest absolute Gasteiger partial charge is 0.504 e. The molecule has 0 aromatic heterocycles. The summed E-state index contributed by atoms with van der Waals surface area (Å²) in [6.07, 6.45) is 0. The fourth-order valence-electron chi connectivity index (χ4n) is 3.86. The molecule has 30 heavy (non-hydrogen) atoms. The number of ether oxygens (including phenoxy) is 3. The minimum Gasteiger partial charge on any atom is -0.504 e. The second kappa shape index (κ2) is 7.71. The van der Waals surface area contributed by atoms with E-state index in [1.54, 1.807) is 36.4 Å². The first-order valence-corrected chi connectivity index (χ1v) is 9.98. The standard InChI is InChI=1S/C24H24O6/c1-4-28-22-10-16-13(7-19(22)25)17-11-23(29-5-2)21(27)9-15(17)18-12-24(30-6-3)20(26)8-14(16)18/h7-12,25-27H,4-6H2,1-3H3. The van der Waals surface area contributed by atoms with E-state index in [1.165, 1.54) is 0 Å². The number of aromatic hydroxyl groups is 3. The van der Waals surface area contributed by atoms with Crippen LogP contribution in [0.1, 0.15) is 20.8 Å². The van der Waals surface area contributed by atoms with E-state index >= 15 is 0 Å². The first-order valence-electron chi connectivity index (χ1n) is 9.98. The van der Waals surface area contributed by atoms with Crippen molar-refractivity contribution in [3.63, 3.8) is 0 Å². The van der Waals surface area contributed by atoms with Crippen LogP contribution in [0.25, 0.3) is 32.3 Å². The molecule has 4 rings (SSSR count). The summed E-state index contributed by atoms with van der Waals surface area (Å²) in [5.74, 6) is 1.15. The Morgan fingerprint density at radius 2 is 0.700 bits per heavy atom. The molecule has 0 saturated heterocycles. The molecule has 6 nitrogen and oxygen atoms in total. The quantitative estimate of drug-likeness (QED) is 0.367. The molecule has 4 aromatic carbocycles. The van der Waals surface area contributed by atoms with Gasteiger partial charge in [0.2, 0.25) is 0 Å². The minimum atomic E-state index is 0.0196. The maximum atomic E-state index is 10.5. The van der Waals surface area contributed by atoms with Crippen LogP contribution >= 0.6 is 0 Å². The van der Waals surface area contributed by atoms with E-state index in [1.807, 2.05) is 20.8 Å². The summed E-state index contributed by atoms with van der Waals surface area (Å²) in [6, 6.07) is 10.2. The molecule has 0 fully saturated rings. The fraction of sp³-hybridized carbons (Fsp3) is 0.250. The monoisotopic (exact) mass is 408 g/mol. The lowest BCUT2D eigenvalue weighted by atomic mass is 9.93. The van der Waals surface area contributed by atoms with Crippen molar-refractivity contribution in [2.24, 2.45) is 0 Å². The van der Waals surface area contributed by atoms with E-state index in [0.29, 0.717) is 37.1 Å². The molecule has 0 heterocycles. The Hall–Kier alpha value is -3.54. The van der Waals surface area contributed by atoms with Gasteiger partial charge in [-0.25, -0.2) is 0 Å². The third kappa shape index (κ3) is 3.14. The molecule has 4 aromatic rings. The molecule has 0 aliphatic rings. The smallest absolute Gasteiger partial charge is 0.161 e. The van der Waals surface area contributed by atoms with Crippen LogP contribution in [-0.2, 0) is 0 Å². The topological polar surface area (TPSA) is 88.4 Å². The summed E-state index contributed by atoms with van der Waals surface area (Å²) in [6.45, 7) is 6.77. The van der Waals surface area contributed by atoms with Crippen LogP contribution in [0.3, 0.4) is 0 Å². The van der Waals surface area contributed by atoms with Gasteiger partial charge in [0.05, 0.1) is 19.8 Å². The van der Waals surface area contributed by atoms with Gasteiger partial charge in [-0.15, -0.1) is 0 Å². The molecule has 0 saturated carbocycles. The molecule has 0 amide bonds. The molecule has 0 radical (unpaired) electrons. The second-order valence-corrected chi connectivity index (χ2v) is 6.90. The van der Waals surface area contributed by atoms with Crippen LogP contribution < -0.4 is 14.2 Å². The second-order valence-electron chi connectivity index (χ2n) is 6.90. The average molecular weight is 408 g/mol. The fourth-order valence-corrected chi connectivity index (χ4v) is 3.86. The minimum absolute atomic E-state index is 0.0196. The first-order chi connectivity index (χ1) is 14.5. The van der Waals surface area contributed by atoms with Gasteiger partial charge in [0.25, 0.3) is 0 Å². The van der Waals surface area contributed by atoms with Gasteiger partial charge in [0, 0.05) is 0 Å². The first kappa shape index (κ1) is 19.8. The Morgan fingerprint density at radius 1 is 0.467 bits per heavy atom. The highest BCUT2D eigenvalue weighted by Gasteiger charge is 2.17. The molecule has 3 N–H and O–H groups in total. The summed E-state index contributed by atoms with van der Waals surface area (Å²) in [5, 5.41) is 36.1. The molecule has 0 bridgehead atoms. The van der Waals surface area contributed by atoms with Crippen molar-refractivity contribution in [3.8, 4) is 34.5 Å². The zero-order valence-corrected chi connectivity index (χ0v) is 17.2. The lowest BCUT2D eigenvalue weighted by Gasteiger charge is -2.16. The van der Waals surface area contributed by atoms with Crippen molar-refractivity contribution in [2.75, 3.05) is 19.8 Å². The summed E-state index contributed by atoms with van der Waals surface area (Å²) in [4.78, 5) is 0. The highest BCUT2D eigenvalue weighted by molar-refractivity contribution is 6.26. The van der Waals surface area contributed by atoms with E-state index in [9.17, 15) is 15.3 Å². The van der Waals surface area contributed by atoms with Crippen LogP contribution in [-0.4, -0.2) is 35.1 Å². The van der Waals surface area contributed by atoms with Crippen molar-refractivity contribution in [3.05, 3.63) is 36.4 Å². The van der Waals surface area contributed by atoms with Crippen LogP contribution in [0.5, 0.6) is 34.5 Å². The third-order valence-electron chi connectivity index (χ3n) is 5.07. The Kier molecular flexibility index (Phi) is 5.08. The van der Waals surface area contributed by atoms with Crippen LogP contribution in [0, 0.1) is 0 Å². The predicted octanol–water partition coefficient (Wildman–Crippen LogP) is 5.46. The summed E-state index contributed by atoms with van der Waals surface area (Å²) in [5.41, 5.74) is 0. The summed E-state index contributed by atoms with van der Waals surface area (Å²) in [7, 11) is 0. The Balaban J connectivity index is 2.21. The van der Waals surface area contributed by atoms with E-state index < -0.39 is 0 Å². The van der Waals surface area contributed by atoms with Gasteiger partial charge in [-0.2, -0.15) is 0 Å². The van der Waals surface area contributed by atoms with Gasteiger partial charge in [0.1, 0.15) is 0 Å². The molecule has 0 aliphatic heterocycles. The van der Waals surface area contributed by atoms with Gasteiger partial charge >= 0.3 is 0 Å². The van der Waals surface area contributed by atoms with Crippen molar-refractivity contribution >= 4 is 32.3 Å². The van der Waals surface area contributed by atoms with Gasteiger partial charge < -0.3 is 29.5 Å². The van der Waals surface area contributed by atoms with Crippen molar-refractivity contribution in [1.29, 1.82) is 0 Å². The maximum absolute atomic E-state index is 10.5. The van der Waals surface area contributed by atoms with Gasteiger partial charge in [-0.1, -0.05) is 0 Å². The molecule has 0 aliphatic carbocycles. The van der Waals surface area contributed by atoms with E-state index in [0.717, 1.165) is 32.3 Å². The summed E-state index contributed by atoms with van der Waals surface area (Å²) >= 11 is 0.